The molecule has 5 heteroatoms. The van der Waals surface area contributed by atoms with Crippen LogP contribution in [0.3, 0.4) is 0 Å². The second-order valence-electron chi connectivity index (χ2n) is 6.95. The fraction of sp³-hybridized carbons (Fsp3) is 0.364. The summed E-state index contributed by atoms with van der Waals surface area (Å²) in [6.07, 6.45) is 1.40. The summed E-state index contributed by atoms with van der Waals surface area (Å²) in [6.45, 7) is 3.79. The van der Waals surface area contributed by atoms with E-state index in [2.05, 4.69) is 5.32 Å². The summed E-state index contributed by atoms with van der Waals surface area (Å²) in [5.74, 6) is -0.297. The lowest BCUT2D eigenvalue weighted by molar-refractivity contribution is -0.135. The van der Waals surface area contributed by atoms with Crippen molar-refractivity contribution in [1.82, 2.24) is 10.2 Å². The minimum atomic E-state index is -0.187. The number of rotatable bonds is 8. The molecule has 2 unspecified atom stereocenters. The second kappa shape index (κ2) is 9.05. The van der Waals surface area contributed by atoms with Crippen molar-refractivity contribution in [2.45, 2.75) is 26.3 Å². The molecule has 0 aromatic heterocycles. The Morgan fingerprint density at radius 2 is 1.74 bits per heavy atom. The third-order valence-electron chi connectivity index (χ3n) is 4.98. The molecule has 142 valence electrons. The van der Waals surface area contributed by atoms with Crippen LogP contribution in [0.25, 0.3) is 0 Å². The van der Waals surface area contributed by atoms with Gasteiger partial charge in [-0.1, -0.05) is 54.1 Å². The van der Waals surface area contributed by atoms with E-state index in [9.17, 15) is 9.59 Å². The zero-order chi connectivity index (χ0) is 19.2. The van der Waals surface area contributed by atoms with E-state index < -0.39 is 0 Å². The van der Waals surface area contributed by atoms with E-state index in [-0.39, 0.29) is 23.7 Å². The predicted octanol–water partition coefficient (Wildman–Crippen LogP) is 3.68. The molecule has 0 spiro atoms. The van der Waals surface area contributed by atoms with Gasteiger partial charge in [-0.2, -0.15) is 0 Å². The van der Waals surface area contributed by atoms with Crippen molar-refractivity contribution in [2.75, 3.05) is 13.1 Å². The van der Waals surface area contributed by atoms with Crippen molar-refractivity contribution in [3.05, 3.63) is 70.7 Å². The molecule has 1 fully saturated rings. The fourth-order valence-corrected chi connectivity index (χ4v) is 3.38. The maximum absolute atomic E-state index is 12.7. The van der Waals surface area contributed by atoms with Crippen LogP contribution in [0, 0.1) is 11.8 Å². The van der Waals surface area contributed by atoms with Gasteiger partial charge in [-0.15, -0.1) is 0 Å². The summed E-state index contributed by atoms with van der Waals surface area (Å²) < 4.78 is 0. The first-order valence-corrected chi connectivity index (χ1v) is 9.81. The Labute approximate surface area is 165 Å². The molecule has 1 aliphatic carbocycles. The SMILES string of the molecule is CCN(Cc1ccccc1)C(=O)C1CC1C(=O)NCCc1ccc(Cl)cc1. The van der Waals surface area contributed by atoms with Gasteiger partial charge in [0.15, 0.2) is 0 Å². The van der Waals surface area contributed by atoms with Crippen molar-refractivity contribution in [3.63, 3.8) is 0 Å². The average Bonchev–Trinajstić information content (AvgIpc) is 3.49. The summed E-state index contributed by atoms with van der Waals surface area (Å²) >= 11 is 5.87. The van der Waals surface area contributed by atoms with E-state index in [1.165, 1.54) is 0 Å². The molecule has 1 aliphatic rings. The number of amides is 2. The Bertz CT molecular complexity index is 777. The first kappa shape index (κ1) is 19.4. The molecule has 2 aromatic carbocycles. The maximum atomic E-state index is 12.7. The number of carbonyl (C=O) groups excluding carboxylic acids is 2. The van der Waals surface area contributed by atoms with E-state index in [0.29, 0.717) is 31.1 Å². The number of benzene rings is 2. The Kier molecular flexibility index (Phi) is 6.51. The van der Waals surface area contributed by atoms with Crippen molar-refractivity contribution >= 4 is 23.4 Å². The lowest BCUT2D eigenvalue weighted by atomic mass is 10.1. The van der Waals surface area contributed by atoms with Gasteiger partial charge >= 0.3 is 0 Å². The van der Waals surface area contributed by atoms with Crippen LogP contribution in [-0.2, 0) is 22.6 Å². The van der Waals surface area contributed by atoms with Gasteiger partial charge in [0.2, 0.25) is 11.8 Å². The van der Waals surface area contributed by atoms with E-state index in [4.69, 9.17) is 11.6 Å². The molecule has 1 N–H and O–H groups in total. The highest BCUT2D eigenvalue weighted by molar-refractivity contribution is 6.30. The molecule has 1 saturated carbocycles. The van der Waals surface area contributed by atoms with Crippen molar-refractivity contribution in [3.8, 4) is 0 Å². The molecular formula is C22H25ClN2O2. The smallest absolute Gasteiger partial charge is 0.226 e. The summed E-state index contributed by atoms with van der Waals surface area (Å²) in [4.78, 5) is 26.9. The van der Waals surface area contributed by atoms with Crippen LogP contribution in [0.5, 0.6) is 0 Å². The normalized spacial score (nSPS) is 18.0. The van der Waals surface area contributed by atoms with Gasteiger partial charge in [0.05, 0.1) is 11.8 Å². The average molecular weight is 385 g/mol. The Morgan fingerprint density at radius 3 is 2.41 bits per heavy atom. The number of halogens is 1. The van der Waals surface area contributed by atoms with Gasteiger partial charge in [-0.25, -0.2) is 0 Å². The molecule has 3 rings (SSSR count). The number of hydrogen-bond donors (Lipinski definition) is 1. The zero-order valence-corrected chi connectivity index (χ0v) is 16.3. The lowest BCUT2D eigenvalue weighted by Crippen LogP contribution is -2.34. The highest BCUT2D eigenvalue weighted by Gasteiger charge is 2.49. The van der Waals surface area contributed by atoms with Gasteiger partial charge in [-0.05, 0) is 43.0 Å². The number of nitrogens with one attached hydrogen (secondary N) is 1. The van der Waals surface area contributed by atoms with E-state index >= 15 is 0 Å². The van der Waals surface area contributed by atoms with E-state index in [1.54, 1.807) is 0 Å². The second-order valence-corrected chi connectivity index (χ2v) is 7.39. The topological polar surface area (TPSA) is 49.4 Å². The van der Waals surface area contributed by atoms with Crippen LogP contribution < -0.4 is 5.32 Å². The largest absolute Gasteiger partial charge is 0.356 e. The summed E-state index contributed by atoms with van der Waals surface area (Å²) in [5.41, 5.74) is 2.24. The maximum Gasteiger partial charge on any atom is 0.226 e. The summed E-state index contributed by atoms with van der Waals surface area (Å²) in [7, 11) is 0. The number of nitrogens with zero attached hydrogens (tertiary/aromatic N) is 1. The molecule has 2 amide bonds. The molecule has 0 saturated heterocycles. The molecule has 0 heterocycles. The van der Waals surface area contributed by atoms with Gasteiger partial charge in [0.1, 0.15) is 0 Å². The minimum Gasteiger partial charge on any atom is -0.356 e. The lowest BCUT2D eigenvalue weighted by Gasteiger charge is -2.21. The highest BCUT2D eigenvalue weighted by atomic mass is 35.5. The van der Waals surface area contributed by atoms with Crippen LogP contribution >= 0.6 is 11.6 Å². The van der Waals surface area contributed by atoms with Crippen molar-refractivity contribution in [1.29, 1.82) is 0 Å². The molecule has 0 aliphatic heterocycles. The summed E-state index contributed by atoms with van der Waals surface area (Å²) in [5, 5.41) is 3.66. The van der Waals surface area contributed by atoms with Crippen LogP contribution in [-0.4, -0.2) is 29.8 Å². The third-order valence-corrected chi connectivity index (χ3v) is 5.23. The molecule has 2 aromatic rings. The van der Waals surface area contributed by atoms with Gasteiger partial charge in [0, 0.05) is 24.7 Å². The standard InChI is InChI=1S/C22H25ClN2O2/c1-2-25(15-17-6-4-3-5-7-17)22(27)20-14-19(20)21(26)24-13-12-16-8-10-18(23)11-9-16/h3-11,19-20H,2,12-15H2,1H3,(H,24,26). The highest BCUT2D eigenvalue weighted by Crippen LogP contribution is 2.40. The molecule has 2 atom stereocenters. The van der Waals surface area contributed by atoms with Gasteiger partial charge in [0.25, 0.3) is 0 Å². The Hall–Kier alpha value is -2.33. The third kappa shape index (κ3) is 5.33. The fourth-order valence-electron chi connectivity index (χ4n) is 3.25. The van der Waals surface area contributed by atoms with Crippen LogP contribution in [0.4, 0.5) is 0 Å². The summed E-state index contributed by atoms with van der Waals surface area (Å²) in [6, 6.07) is 17.6. The quantitative estimate of drug-likeness (QED) is 0.754. The van der Waals surface area contributed by atoms with Crippen molar-refractivity contribution in [2.24, 2.45) is 11.8 Å². The van der Waals surface area contributed by atoms with Gasteiger partial charge < -0.3 is 10.2 Å². The molecule has 0 bridgehead atoms. The first-order valence-electron chi connectivity index (χ1n) is 9.43. The van der Waals surface area contributed by atoms with Crippen LogP contribution in [0.2, 0.25) is 5.02 Å². The monoisotopic (exact) mass is 384 g/mol. The predicted molar refractivity (Wildman–Crippen MR) is 107 cm³/mol. The number of hydrogen-bond acceptors (Lipinski definition) is 2. The first-order chi connectivity index (χ1) is 13.1. The van der Waals surface area contributed by atoms with E-state index in [0.717, 1.165) is 17.5 Å². The van der Waals surface area contributed by atoms with E-state index in [1.807, 2.05) is 66.4 Å². The molecular weight excluding hydrogens is 360 g/mol. The zero-order valence-electron chi connectivity index (χ0n) is 15.5. The molecule has 27 heavy (non-hydrogen) atoms. The van der Waals surface area contributed by atoms with Crippen molar-refractivity contribution < 1.29 is 9.59 Å². The molecule has 0 radical (unpaired) electrons. The minimum absolute atomic E-state index is 0.0157. The van der Waals surface area contributed by atoms with Gasteiger partial charge in [-0.3, -0.25) is 9.59 Å². The molecule has 4 nitrogen and oxygen atoms in total. The number of carbonyl (C=O) groups is 2. The Morgan fingerprint density at radius 1 is 1.04 bits per heavy atom. The van der Waals surface area contributed by atoms with Crippen LogP contribution in [0.15, 0.2) is 54.6 Å². The Balaban J connectivity index is 1.45. The van der Waals surface area contributed by atoms with Crippen LogP contribution in [0.1, 0.15) is 24.5 Å².